The van der Waals surface area contributed by atoms with Gasteiger partial charge in [0, 0.05) is 25.9 Å². The number of aryl methyl sites for hydroxylation is 1. The van der Waals surface area contributed by atoms with Crippen LogP contribution in [-0.4, -0.2) is 21.2 Å². The van der Waals surface area contributed by atoms with Gasteiger partial charge in [-0.2, -0.15) is 0 Å². The first-order valence-corrected chi connectivity index (χ1v) is 6.58. The predicted octanol–water partition coefficient (Wildman–Crippen LogP) is 1.17. The minimum atomic E-state index is -0.368. The van der Waals surface area contributed by atoms with E-state index in [9.17, 15) is 9.59 Å². The Morgan fingerprint density at radius 1 is 1.30 bits per heavy atom. The van der Waals surface area contributed by atoms with E-state index in [4.69, 9.17) is 11.6 Å². The molecule has 0 atom stereocenters. The molecule has 0 saturated heterocycles. The minimum absolute atomic E-state index is 0.0485. The molecule has 0 radical (unpaired) electrons. The molecule has 0 aliphatic rings. The molecule has 6 nitrogen and oxygen atoms in total. The first kappa shape index (κ1) is 14.3. The average molecular weight is 295 g/mol. The Morgan fingerprint density at radius 3 is 2.70 bits per heavy atom. The summed E-state index contributed by atoms with van der Waals surface area (Å²) in [7, 11) is 1.73. The van der Waals surface area contributed by atoms with Gasteiger partial charge in [-0.1, -0.05) is 11.6 Å². The first-order valence-electron chi connectivity index (χ1n) is 6.20. The molecule has 7 heteroatoms. The van der Waals surface area contributed by atoms with Crippen molar-refractivity contribution in [2.45, 2.75) is 20.0 Å². The Labute approximate surface area is 120 Å². The SMILES string of the molecule is CCn1ccc(=O)n(Cc2nc(NC)ccc2Cl)c1=O. The van der Waals surface area contributed by atoms with Crippen LogP contribution in [0.2, 0.25) is 5.02 Å². The molecule has 0 spiro atoms. The lowest BCUT2D eigenvalue weighted by atomic mass is 10.3. The molecule has 0 aliphatic heterocycles. The van der Waals surface area contributed by atoms with Gasteiger partial charge >= 0.3 is 5.69 Å². The van der Waals surface area contributed by atoms with Crippen molar-refractivity contribution in [1.82, 2.24) is 14.1 Å². The molecule has 1 N–H and O–H groups in total. The molecule has 0 saturated carbocycles. The molecule has 0 aromatic carbocycles. The van der Waals surface area contributed by atoms with Crippen molar-refractivity contribution in [3.05, 3.63) is 56.0 Å². The Balaban J connectivity index is 2.50. The highest BCUT2D eigenvalue weighted by atomic mass is 35.5. The number of hydrogen-bond donors (Lipinski definition) is 1. The number of halogens is 1. The molecule has 2 heterocycles. The van der Waals surface area contributed by atoms with Gasteiger partial charge in [-0.15, -0.1) is 0 Å². The fraction of sp³-hybridized carbons (Fsp3) is 0.308. The van der Waals surface area contributed by atoms with Crippen molar-refractivity contribution >= 4 is 17.4 Å². The third-order valence-electron chi connectivity index (χ3n) is 2.96. The molecule has 2 aromatic rings. The molecular formula is C13H15ClN4O2. The second kappa shape index (κ2) is 5.92. The molecule has 0 aliphatic carbocycles. The van der Waals surface area contributed by atoms with Crippen molar-refractivity contribution in [3.63, 3.8) is 0 Å². The maximum absolute atomic E-state index is 12.1. The summed E-state index contributed by atoms with van der Waals surface area (Å²) >= 11 is 6.07. The first-order chi connectivity index (χ1) is 9.56. The third-order valence-corrected chi connectivity index (χ3v) is 3.31. The van der Waals surface area contributed by atoms with Crippen LogP contribution in [0.5, 0.6) is 0 Å². The number of nitrogens with one attached hydrogen (secondary N) is 1. The Hall–Kier alpha value is -2.08. The summed E-state index contributed by atoms with van der Waals surface area (Å²) in [6.07, 6.45) is 1.49. The number of pyridine rings is 1. The molecule has 0 fully saturated rings. The van der Waals surface area contributed by atoms with E-state index in [1.165, 1.54) is 16.8 Å². The second-order valence-electron chi connectivity index (χ2n) is 4.18. The van der Waals surface area contributed by atoms with E-state index in [0.717, 1.165) is 4.57 Å². The lowest BCUT2D eigenvalue weighted by Crippen LogP contribution is -2.39. The van der Waals surface area contributed by atoms with Crippen LogP contribution >= 0.6 is 11.6 Å². The normalized spacial score (nSPS) is 10.6. The van der Waals surface area contributed by atoms with E-state index in [-0.39, 0.29) is 17.8 Å². The van der Waals surface area contributed by atoms with E-state index in [1.54, 1.807) is 19.2 Å². The van der Waals surface area contributed by atoms with Gasteiger partial charge in [-0.05, 0) is 19.1 Å². The van der Waals surface area contributed by atoms with Gasteiger partial charge in [-0.25, -0.2) is 9.78 Å². The highest BCUT2D eigenvalue weighted by Gasteiger charge is 2.09. The van der Waals surface area contributed by atoms with Crippen LogP contribution in [-0.2, 0) is 13.1 Å². The zero-order chi connectivity index (χ0) is 14.7. The van der Waals surface area contributed by atoms with Crippen LogP contribution in [0.15, 0.2) is 34.0 Å². The number of hydrogen-bond acceptors (Lipinski definition) is 4. The highest BCUT2D eigenvalue weighted by Crippen LogP contribution is 2.16. The van der Waals surface area contributed by atoms with Crippen LogP contribution < -0.4 is 16.6 Å². The summed E-state index contributed by atoms with van der Waals surface area (Å²) < 4.78 is 2.58. The summed E-state index contributed by atoms with van der Waals surface area (Å²) in [5, 5.41) is 3.31. The number of aromatic nitrogens is 3. The molecule has 106 valence electrons. The van der Waals surface area contributed by atoms with Crippen LogP contribution in [0.25, 0.3) is 0 Å². The van der Waals surface area contributed by atoms with E-state index in [1.807, 2.05) is 6.92 Å². The number of anilines is 1. The van der Waals surface area contributed by atoms with Crippen LogP contribution in [0.4, 0.5) is 5.82 Å². The molecule has 0 amide bonds. The fourth-order valence-corrected chi connectivity index (χ4v) is 1.99. The lowest BCUT2D eigenvalue weighted by Gasteiger charge is -2.10. The molecule has 0 unspecified atom stereocenters. The van der Waals surface area contributed by atoms with Gasteiger partial charge in [0.1, 0.15) is 5.82 Å². The van der Waals surface area contributed by atoms with Gasteiger partial charge < -0.3 is 9.88 Å². The number of rotatable bonds is 4. The molecule has 2 aromatic heterocycles. The minimum Gasteiger partial charge on any atom is -0.373 e. The lowest BCUT2D eigenvalue weighted by molar-refractivity contribution is 0.595. The fourth-order valence-electron chi connectivity index (χ4n) is 1.83. The van der Waals surface area contributed by atoms with E-state index >= 15 is 0 Å². The van der Waals surface area contributed by atoms with Crippen LogP contribution in [0, 0.1) is 0 Å². The van der Waals surface area contributed by atoms with Gasteiger partial charge in [0.25, 0.3) is 5.56 Å². The predicted molar refractivity (Wildman–Crippen MR) is 78.5 cm³/mol. The summed E-state index contributed by atoms with van der Waals surface area (Å²) in [4.78, 5) is 28.2. The zero-order valence-corrected chi connectivity index (χ0v) is 12.0. The van der Waals surface area contributed by atoms with Crippen molar-refractivity contribution in [2.75, 3.05) is 12.4 Å². The Bertz CT molecular complexity index is 736. The van der Waals surface area contributed by atoms with Crippen molar-refractivity contribution in [3.8, 4) is 0 Å². The highest BCUT2D eigenvalue weighted by molar-refractivity contribution is 6.31. The van der Waals surface area contributed by atoms with E-state index < -0.39 is 0 Å². The third kappa shape index (κ3) is 2.75. The largest absolute Gasteiger partial charge is 0.373 e. The summed E-state index contributed by atoms with van der Waals surface area (Å²) in [5.74, 6) is 0.629. The van der Waals surface area contributed by atoms with Gasteiger partial charge in [0.2, 0.25) is 0 Å². The molecular weight excluding hydrogens is 280 g/mol. The zero-order valence-electron chi connectivity index (χ0n) is 11.3. The van der Waals surface area contributed by atoms with Crippen molar-refractivity contribution in [2.24, 2.45) is 0 Å². The van der Waals surface area contributed by atoms with Gasteiger partial charge in [0.05, 0.1) is 17.3 Å². The Morgan fingerprint density at radius 2 is 2.05 bits per heavy atom. The van der Waals surface area contributed by atoms with E-state index in [0.29, 0.717) is 23.1 Å². The monoisotopic (exact) mass is 294 g/mol. The maximum atomic E-state index is 12.1. The summed E-state index contributed by atoms with van der Waals surface area (Å²) in [6, 6.07) is 4.77. The van der Waals surface area contributed by atoms with E-state index in [2.05, 4.69) is 10.3 Å². The van der Waals surface area contributed by atoms with Gasteiger partial charge in [-0.3, -0.25) is 9.36 Å². The standard InChI is InChI=1S/C13H15ClN4O2/c1-3-17-7-6-12(19)18(13(17)20)8-10-9(14)4-5-11(15-2)16-10/h4-7H,3,8H2,1-2H3,(H,15,16). The van der Waals surface area contributed by atoms with Crippen LogP contribution in [0.3, 0.4) is 0 Å². The molecule has 0 bridgehead atoms. The Kier molecular flexibility index (Phi) is 4.24. The quantitative estimate of drug-likeness (QED) is 0.919. The van der Waals surface area contributed by atoms with Gasteiger partial charge in [0.15, 0.2) is 0 Å². The topological polar surface area (TPSA) is 68.9 Å². The number of nitrogens with zero attached hydrogens (tertiary/aromatic N) is 3. The molecule has 20 heavy (non-hydrogen) atoms. The maximum Gasteiger partial charge on any atom is 0.331 e. The average Bonchev–Trinajstić information content (AvgIpc) is 2.45. The molecule has 2 rings (SSSR count). The summed E-state index contributed by atoms with van der Waals surface area (Å²) in [5.41, 5.74) is -0.258. The second-order valence-corrected chi connectivity index (χ2v) is 4.59. The van der Waals surface area contributed by atoms with Crippen molar-refractivity contribution in [1.29, 1.82) is 0 Å². The smallest absolute Gasteiger partial charge is 0.331 e. The van der Waals surface area contributed by atoms with Crippen LogP contribution in [0.1, 0.15) is 12.6 Å². The van der Waals surface area contributed by atoms with Crippen molar-refractivity contribution < 1.29 is 0 Å². The summed E-state index contributed by atoms with van der Waals surface area (Å²) in [6.45, 7) is 2.38.